The first kappa shape index (κ1) is 20.1. The number of carbonyl (C=O) groups is 2. The maximum atomic E-state index is 13.2. The lowest BCUT2D eigenvalue weighted by Crippen LogP contribution is -2.35. The molecule has 0 spiro atoms. The van der Waals surface area contributed by atoms with Crippen molar-refractivity contribution in [1.29, 1.82) is 0 Å². The second kappa shape index (κ2) is 8.54. The number of carbonyl (C=O) groups excluding carboxylic acids is 1. The molecular formula is C12H12ClF4NO4. The number of carboxylic acids is 1. The summed E-state index contributed by atoms with van der Waals surface area (Å²) < 4.78 is 56.6. The third-order valence-corrected chi connectivity index (χ3v) is 2.51. The van der Waals surface area contributed by atoms with Gasteiger partial charge in [0.15, 0.2) is 23.2 Å². The van der Waals surface area contributed by atoms with Gasteiger partial charge < -0.3 is 15.6 Å². The zero-order valence-electron chi connectivity index (χ0n) is 10.9. The maximum Gasteiger partial charge on any atom is 0.303 e. The van der Waals surface area contributed by atoms with Gasteiger partial charge in [-0.2, -0.15) is 8.78 Å². The fraction of sp³-hybridized carbons (Fsp3) is 0.333. The average molecular weight is 346 g/mol. The van der Waals surface area contributed by atoms with E-state index >= 15 is 0 Å². The Hall–Kier alpha value is -1.87. The number of hydrogen-bond acceptors (Lipinski definition) is 4. The minimum absolute atomic E-state index is 0. The number of aliphatic carboxylic acids is 1. The molecule has 1 aromatic carbocycles. The van der Waals surface area contributed by atoms with E-state index in [1.807, 2.05) is 0 Å². The lowest BCUT2D eigenvalue weighted by molar-refractivity contribution is -0.137. The quantitative estimate of drug-likeness (QED) is 0.581. The average Bonchev–Trinajstić information content (AvgIpc) is 2.42. The lowest BCUT2D eigenvalue weighted by atomic mass is 10.1. The predicted molar refractivity (Wildman–Crippen MR) is 68.9 cm³/mol. The summed E-state index contributed by atoms with van der Waals surface area (Å²) in [5.41, 5.74) is 5.34. The maximum absolute atomic E-state index is 13.2. The van der Waals surface area contributed by atoms with Crippen LogP contribution in [0.1, 0.15) is 12.8 Å². The van der Waals surface area contributed by atoms with Crippen molar-refractivity contribution in [2.45, 2.75) is 18.9 Å². The molecule has 0 aliphatic rings. The molecular weight excluding hydrogens is 334 g/mol. The van der Waals surface area contributed by atoms with Crippen LogP contribution in [0.2, 0.25) is 0 Å². The van der Waals surface area contributed by atoms with Crippen molar-refractivity contribution in [2.24, 2.45) is 5.73 Å². The van der Waals surface area contributed by atoms with Crippen molar-refractivity contribution >= 4 is 24.2 Å². The Bertz CT molecular complexity index is 544. The molecule has 1 aromatic rings. The van der Waals surface area contributed by atoms with Crippen molar-refractivity contribution in [3.63, 3.8) is 0 Å². The van der Waals surface area contributed by atoms with Crippen LogP contribution in [0.4, 0.5) is 17.6 Å². The first-order chi connectivity index (χ1) is 9.73. The van der Waals surface area contributed by atoms with E-state index in [-0.39, 0.29) is 31.3 Å². The highest BCUT2D eigenvalue weighted by Gasteiger charge is 2.23. The van der Waals surface area contributed by atoms with E-state index in [1.165, 1.54) is 0 Å². The summed E-state index contributed by atoms with van der Waals surface area (Å²) in [6, 6.07) is -1.23. The summed E-state index contributed by atoms with van der Waals surface area (Å²) in [5.74, 6) is -10.3. The molecule has 0 amide bonds. The Labute approximate surface area is 128 Å². The van der Waals surface area contributed by atoms with Gasteiger partial charge in [-0.1, -0.05) is 0 Å². The van der Waals surface area contributed by atoms with E-state index in [0.29, 0.717) is 0 Å². The monoisotopic (exact) mass is 345 g/mol. The van der Waals surface area contributed by atoms with Crippen LogP contribution in [0.25, 0.3) is 0 Å². The van der Waals surface area contributed by atoms with Gasteiger partial charge in [0.05, 0.1) is 6.04 Å². The largest absolute Gasteiger partial charge is 0.481 e. The van der Waals surface area contributed by atoms with Crippen molar-refractivity contribution in [3.05, 3.63) is 29.3 Å². The minimum Gasteiger partial charge on any atom is -0.481 e. The van der Waals surface area contributed by atoms with Gasteiger partial charge in [0.25, 0.3) is 0 Å². The van der Waals surface area contributed by atoms with Crippen molar-refractivity contribution in [3.8, 4) is 5.75 Å². The molecule has 0 aromatic heterocycles. The van der Waals surface area contributed by atoms with Gasteiger partial charge in [-0.15, -0.1) is 12.4 Å². The zero-order chi connectivity index (χ0) is 16.2. The second-order valence-electron chi connectivity index (χ2n) is 4.09. The molecule has 22 heavy (non-hydrogen) atoms. The van der Waals surface area contributed by atoms with Gasteiger partial charge in [0, 0.05) is 12.5 Å². The topological polar surface area (TPSA) is 89.6 Å². The van der Waals surface area contributed by atoms with Gasteiger partial charge in [0.1, 0.15) is 6.61 Å². The number of Topliss-reactive ketones (excluding diaryl/α,β-unsaturated/α-hetero) is 1. The number of ketones is 1. The molecule has 0 radical (unpaired) electrons. The highest BCUT2D eigenvalue weighted by Crippen LogP contribution is 2.26. The summed E-state index contributed by atoms with van der Waals surface area (Å²) in [6.07, 6.45) is -0.593. The number of carboxylic acid groups (broad SMARTS) is 1. The van der Waals surface area contributed by atoms with Gasteiger partial charge in [-0.3, -0.25) is 9.59 Å². The Morgan fingerprint density at radius 2 is 1.68 bits per heavy atom. The lowest BCUT2D eigenvalue weighted by Gasteiger charge is -2.12. The van der Waals surface area contributed by atoms with Crippen LogP contribution in [-0.2, 0) is 9.59 Å². The van der Waals surface area contributed by atoms with Crippen LogP contribution in [-0.4, -0.2) is 29.5 Å². The number of hydrogen-bond donors (Lipinski definition) is 2. The standard InChI is InChI=1S/C12H11F4NO4.ClH/c13-5-3-6(14)11(16)12(10(5)15)21-4-8(18)7(17)1-2-9(19)20;/h3,7H,1-2,4,17H2,(H,19,20);1H. The predicted octanol–water partition coefficient (Wildman–Crippen LogP) is 1.80. The Morgan fingerprint density at radius 3 is 2.14 bits per heavy atom. The molecule has 124 valence electrons. The Morgan fingerprint density at radius 1 is 1.18 bits per heavy atom. The number of nitrogens with two attached hydrogens (primary N) is 1. The number of rotatable bonds is 7. The van der Waals surface area contributed by atoms with Crippen molar-refractivity contribution < 1.29 is 37.0 Å². The molecule has 0 aliphatic heterocycles. The molecule has 0 bridgehead atoms. The minimum atomic E-state index is -1.78. The zero-order valence-corrected chi connectivity index (χ0v) is 11.8. The summed E-state index contributed by atoms with van der Waals surface area (Å²) in [7, 11) is 0. The van der Waals surface area contributed by atoms with Crippen LogP contribution < -0.4 is 10.5 Å². The van der Waals surface area contributed by atoms with Crippen molar-refractivity contribution in [2.75, 3.05) is 6.61 Å². The normalized spacial score (nSPS) is 11.5. The second-order valence-corrected chi connectivity index (χ2v) is 4.09. The number of ether oxygens (including phenoxy) is 1. The van der Waals surface area contributed by atoms with Crippen LogP contribution in [0.15, 0.2) is 6.07 Å². The smallest absolute Gasteiger partial charge is 0.303 e. The molecule has 3 N–H and O–H groups in total. The Balaban J connectivity index is 0.00000441. The third-order valence-electron chi connectivity index (χ3n) is 2.51. The number of halogens is 5. The van der Waals surface area contributed by atoms with Gasteiger partial charge >= 0.3 is 5.97 Å². The highest BCUT2D eigenvalue weighted by molar-refractivity contribution is 5.86. The van der Waals surface area contributed by atoms with E-state index in [9.17, 15) is 27.2 Å². The fourth-order valence-electron chi connectivity index (χ4n) is 1.37. The van der Waals surface area contributed by atoms with E-state index in [2.05, 4.69) is 4.74 Å². The molecule has 1 atom stereocenters. The molecule has 5 nitrogen and oxygen atoms in total. The first-order valence-corrected chi connectivity index (χ1v) is 5.70. The van der Waals surface area contributed by atoms with Crippen LogP contribution in [0.5, 0.6) is 5.75 Å². The van der Waals surface area contributed by atoms with Crippen molar-refractivity contribution in [1.82, 2.24) is 0 Å². The van der Waals surface area contributed by atoms with E-state index in [0.717, 1.165) is 0 Å². The summed E-state index contributed by atoms with van der Waals surface area (Å²) in [4.78, 5) is 21.7. The molecule has 0 saturated heterocycles. The van der Waals surface area contributed by atoms with E-state index in [4.69, 9.17) is 10.8 Å². The molecule has 10 heteroatoms. The third kappa shape index (κ3) is 5.15. The molecule has 0 heterocycles. The van der Waals surface area contributed by atoms with Crippen LogP contribution in [0.3, 0.4) is 0 Å². The molecule has 0 saturated carbocycles. The highest BCUT2D eigenvalue weighted by atomic mass is 35.5. The van der Waals surface area contributed by atoms with Gasteiger partial charge in [-0.25, -0.2) is 8.78 Å². The van der Waals surface area contributed by atoms with Gasteiger partial charge in [0.2, 0.25) is 11.6 Å². The molecule has 1 unspecified atom stereocenters. The molecule has 0 aliphatic carbocycles. The summed E-state index contributed by atoms with van der Waals surface area (Å²) >= 11 is 0. The van der Waals surface area contributed by atoms with Gasteiger partial charge in [-0.05, 0) is 6.42 Å². The molecule has 0 fully saturated rings. The van der Waals surface area contributed by atoms with Crippen LogP contribution in [0, 0.1) is 23.3 Å². The number of benzene rings is 1. The SMILES string of the molecule is Cl.NC(CCC(=O)O)C(=O)COc1c(F)c(F)cc(F)c1F. The van der Waals surface area contributed by atoms with E-state index in [1.54, 1.807) is 0 Å². The fourth-order valence-corrected chi connectivity index (χ4v) is 1.37. The van der Waals surface area contributed by atoms with E-state index < -0.39 is 53.4 Å². The molecule has 1 rings (SSSR count). The van der Waals surface area contributed by atoms with Crippen LogP contribution >= 0.6 is 12.4 Å². The Kier molecular flexibility index (Phi) is 7.82. The first-order valence-electron chi connectivity index (χ1n) is 5.70. The summed E-state index contributed by atoms with van der Waals surface area (Å²) in [5, 5.41) is 8.41. The summed E-state index contributed by atoms with van der Waals surface area (Å²) in [6.45, 7) is -0.947.